The van der Waals surface area contributed by atoms with E-state index in [4.69, 9.17) is 14.1 Å². The summed E-state index contributed by atoms with van der Waals surface area (Å²) >= 11 is 0. The van der Waals surface area contributed by atoms with Crippen molar-refractivity contribution in [3.8, 4) is 0 Å². The Kier molecular flexibility index (Phi) is 9.38. The third-order valence-corrected chi connectivity index (χ3v) is 5.53. The number of likely N-dealkylation sites (N-methyl/N-ethyl adjacent to an activating group) is 1. The maximum absolute atomic E-state index is 5.88. The van der Waals surface area contributed by atoms with Crippen LogP contribution in [0.15, 0.2) is 27.8 Å². The van der Waals surface area contributed by atoms with Gasteiger partial charge in [0.15, 0.2) is 5.96 Å². The molecule has 0 bridgehead atoms. The Bertz CT molecular complexity index is 558. The molecule has 7 heteroatoms. The Balaban J connectivity index is 0.00000261. The van der Waals surface area contributed by atoms with E-state index < -0.39 is 0 Å². The summed E-state index contributed by atoms with van der Waals surface area (Å²) in [4.78, 5) is 7.38. The number of aliphatic imine (C=N–C) groups is 1. The summed E-state index contributed by atoms with van der Waals surface area (Å²) in [6, 6.07) is 4.55. The first-order valence-corrected chi connectivity index (χ1v) is 10.1. The zero-order valence-electron chi connectivity index (χ0n) is 16.7. The molecule has 1 aromatic heterocycles. The second kappa shape index (κ2) is 11.3. The highest BCUT2D eigenvalue weighted by atomic mass is 127. The van der Waals surface area contributed by atoms with E-state index in [2.05, 4.69) is 29.4 Å². The second-order valence-electron chi connectivity index (χ2n) is 7.63. The molecule has 3 rings (SSSR count). The van der Waals surface area contributed by atoms with Crippen LogP contribution in [0.3, 0.4) is 0 Å². The van der Waals surface area contributed by atoms with Gasteiger partial charge >= 0.3 is 0 Å². The zero-order chi connectivity index (χ0) is 18.2. The largest absolute Gasteiger partial charge is 0.469 e. The summed E-state index contributed by atoms with van der Waals surface area (Å²) in [6.45, 7) is 10.0. The maximum Gasteiger partial charge on any atom is 0.191 e. The Morgan fingerprint density at radius 2 is 2.26 bits per heavy atom. The monoisotopic (exact) mass is 490 g/mol. The molecule has 0 aliphatic carbocycles. The fourth-order valence-electron chi connectivity index (χ4n) is 3.90. The molecule has 3 heterocycles. The Morgan fingerprint density at radius 3 is 2.96 bits per heavy atom. The summed E-state index contributed by atoms with van der Waals surface area (Å²) in [5, 5.41) is 7.02. The molecule has 1 aromatic rings. The van der Waals surface area contributed by atoms with E-state index >= 15 is 0 Å². The molecular weight excluding hydrogens is 455 g/mol. The Morgan fingerprint density at radius 1 is 1.37 bits per heavy atom. The summed E-state index contributed by atoms with van der Waals surface area (Å²) < 4.78 is 11.3. The lowest BCUT2D eigenvalue weighted by Gasteiger charge is -2.25. The number of halogens is 1. The highest BCUT2D eigenvalue weighted by Gasteiger charge is 2.29. The van der Waals surface area contributed by atoms with Crippen molar-refractivity contribution in [3.63, 3.8) is 0 Å². The van der Waals surface area contributed by atoms with Gasteiger partial charge in [-0.25, -0.2) is 0 Å². The maximum atomic E-state index is 5.88. The SMILES string of the molecule is CCN1CCCC1CNC(=NCC1(C)CCCO1)NCCc1ccco1.I. The quantitative estimate of drug-likeness (QED) is 0.333. The van der Waals surface area contributed by atoms with Crippen LogP contribution in [0.1, 0.15) is 45.3 Å². The lowest BCUT2D eigenvalue weighted by atomic mass is 10.0. The van der Waals surface area contributed by atoms with Gasteiger partial charge in [0.1, 0.15) is 5.76 Å². The van der Waals surface area contributed by atoms with E-state index in [1.807, 2.05) is 12.1 Å². The minimum atomic E-state index is -0.113. The van der Waals surface area contributed by atoms with Gasteiger partial charge in [-0.15, -0.1) is 24.0 Å². The van der Waals surface area contributed by atoms with Crippen LogP contribution in [-0.4, -0.2) is 61.8 Å². The van der Waals surface area contributed by atoms with Crippen LogP contribution in [-0.2, 0) is 11.2 Å². The van der Waals surface area contributed by atoms with Crippen molar-refractivity contribution in [2.45, 2.75) is 57.6 Å². The van der Waals surface area contributed by atoms with Gasteiger partial charge in [0.25, 0.3) is 0 Å². The third kappa shape index (κ3) is 6.94. The minimum absolute atomic E-state index is 0. The summed E-state index contributed by atoms with van der Waals surface area (Å²) in [5.41, 5.74) is -0.113. The van der Waals surface area contributed by atoms with Crippen molar-refractivity contribution in [1.29, 1.82) is 0 Å². The number of guanidine groups is 1. The van der Waals surface area contributed by atoms with Crippen molar-refractivity contribution in [2.75, 3.05) is 39.3 Å². The molecule has 0 radical (unpaired) electrons. The van der Waals surface area contributed by atoms with Crippen LogP contribution in [0.5, 0.6) is 0 Å². The number of furan rings is 1. The molecule has 2 N–H and O–H groups in total. The fourth-order valence-corrected chi connectivity index (χ4v) is 3.90. The molecule has 27 heavy (non-hydrogen) atoms. The lowest BCUT2D eigenvalue weighted by molar-refractivity contribution is 0.0283. The molecule has 0 saturated carbocycles. The van der Waals surface area contributed by atoms with E-state index in [1.165, 1.54) is 19.4 Å². The summed E-state index contributed by atoms with van der Waals surface area (Å²) in [6.07, 6.45) is 7.36. The van der Waals surface area contributed by atoms with Crippen molar-refractivity contribution in [3.05, 3.63) is 24.2 Å². The first kappa shape index (κ1) is 22.5. The smallest absolute Gasteiger partial charge is 0.191 e. The summed E-state index contributed by atoms with van der Waals surface area (Å²) in [7, 11) is 0. The first-order valence-electron chi connectivity index (χ1n) is 10.1. The van der Waals surface area contributed by atoms with E-state index in [1.54, 1.807) is 6.26 Å². The van der Waals surface area contributed by atoms with Gasteiger partial charge in [-0.05, 0) is 57.8 Å². The summed E-state index contributed by atoms with van der Waals surface area (Å²) in [5.74, 6) is 1.88. The topological polar surface area (TPSA) is 62.0 Å². The molecule has 154 valence electrons. The normalized spacial score (nSPS) is 26.1. The van der Waals surface area contributed by atoms with Gasteiger partial charge in [0, 0.05) is 32.2 Å². The van der Waals surface area contributed by atoms with Crippen LogP contribution in [0.25, 0.3) is 0 Å². The van der Waals surface area contributed by atoms with Crippen LogP contribution in [0.4, 0.5) is 0 Å². The van der Waals surface area contributed by atoms with Crippen molar-refractivity contribution < 1.29 is 9.15 Å². The number of ether oxygens (including phenoxy) is 1. The van der Waals surface area contributed by atoms with Crippen molar-refractivity contribution >= 4 is 29.9 Å². The van der Waals surface area contributed by atoms with Crippen LogP contribution in [0.2, 0.25) is 0 Å². The van der Waals surface area contributed by atoms with Crippen LogP contribution >= 0.6 is 24.0 Å². The first-order chi connectivity index (χ1) is 12.7. The zero-order valence-corrected chi connectivity index (χ0v) is 19.0. The number of hydrogen-bond acceptors (Lipinski definition) is 4. The van der Waals surface area contributed by atoms with Gasteiger partial charge < -0.3 is 19.8 Å². The van der Waals surface area contributed by atoms with Crippen molar-refractivity contribution in [1.82, 2.24) is 15.5 Å². The molecule has 0 amide bonds. The Hall–Kier alpha value is -0.800. The molecule has 2 fully saturated rings. The van der Waals surface area contributed by atoms with Gasteiger partial charge in [-0.2, -0.15) is 0 Å². The molecule has 2 atom stereocenters. The van der Waals surface area contributed by atoms with E-state index in [9.17, 15) is 0 Å². The average Bonchev–Trinajstić information content (AvgIpc) is 3.39. The second-order valence-corrected chi connectivity index (χ2v) is 7.63. The van der Waals surface area contributed by atoms with Gasteiger partial charge in [-0.1, -0.05) is 6.92 Å². The molecule has 6 nitrogen and oxygen atoms in total. The number of nitrogens with zero attached hydrogens (tertiary/aromatic N) is 2. The van der Waals surface area contributed by atoms with Crippen molar-refractivity contribution in [2.24, 2.45) is 4.99 Å². The number of hydrogen-bond donors (Lipinski definition) is 2. The molecular formula is C20H35IN4O2. The highest BCUT2D eigenvalue weighted by molar-refractivity contribution is 14.0. The molecule has 0 spiro atoms. The van der Waals surface area contributed by atoms with E-state index in [0.717, 1.165) is 57.2 Å². The lowest BCUT2D eigenvalue weighted by Crippen LogP contribution is -2.46. The average molecular weight is 490 g/mol. The van der Waals surface area contributed by atoms with Gasteiger partial charge in [-0.3, -0.25) is 9.89 Å². The van der Waals surface area contributed by atoms with Gasteiger partial charge in [0.05, 0.1) is 18.4 Å². The molecule has 2 aliphatic heterocycles. The predicted molar refractivity (Wildman–Crippen MR) is 120 cm³/mol. The predicted octanol–water partition coefficient (Wildman–Crippen LogP) is 3.03. The molecule has 2 saturated heterocycles. The molecule has 2 unspecified atom stereocenters. The minimum Gasteiger partial charge on any atom is -0.469 e. The highest BCUT2D eigenvalue weighted by Crippen LogP contribution is 2.25. The van der Waals surface area contributed by atoms with Crippen LogP contribution < -0.4 is 10.6 Å². The van der Waals surface area contributed by atoms with E-state index in [0.29, 0.717) is 12.6 Å². The third-order valence-electron chi connectivity index (χ3n) is 5.53. The number of nitrogens with one attached hydrogen (secondary N) is 2. The molecule has 0 aromatic carbocycles. The Labute approximate surface area is 180 Å². The van der Waals surface area contributed by atoms with Crippen LogP contribution in [0, 0.1) is 0 Å². The number of likely N-dealkylation sites (tertiary alicyclic amines) is 1. The molecule has 2 aliphatic rings. The number of rotatable bonds is 8. The standard InChI is InChI=1S/C20H34N4O2.HI/c1-3-24-12-4-7-17(24)15-22-19(21-11-9-18-8-5-13-25-18)23-16-20(2)10-6-14-26-20;/h5,8,13,17H,3-4,6-7,9-12,14-16H2,1-2H3,(H2,21,22,23);1H. The van der Waals surface area contributed by atoms with E-state index in [-0.39, 0.29) is 29.6 Å². The fraction of sp³-hybridized carbons (Fsp3) is 0.750. The van der Waals surface area contributed by atoms with Gasteiger partial charge in [0.2, 0.25) is 0 Å².